The topological polar surface area (TPSA) is 49.0 Å². The molecule has 0 radical (unpaired) electrons. The van der Waals surface area contributed by atoms with E-state index in [2.05, 4.69) is 36.9 Å². The van der Waals surface area contributed by atoms with Gasteiger partial charge in [-0.15, -0.1) is 11.3 Å². The predicted octanol–water partition coefficient (Wildman–Crippen LogP) is 3.38. The van der Waals surface area contributed by atoms with Crippen molar-refractivity contribution in [3.63, 3.8) is 0 Å². The largest absolute Gasteiger partial charge is 0.309 e. The number of nitrogens with one attached hydrogen (secondary N) is 1. The van der Waals surface area contributed by atoms with E-state index >= 15 is 0 Å². The lowest BCUT2D eigenvalue weighted by molar-refractivity contribution is 0.313. The Hall–Kier alpha value is -1.50. The highest BCUT2D eigenvalue weighted by atomic mass is 79.9. The number of halogens is 1. The average molecular weight is 364 g/mol. The van der Waals surface area contributed by atoms with E-state index < -0.39 is 0 Å². The van der Waals surface area contributed by atoms with Crippen molar-refractivity contribution >= 4 is 38.2 Å². The van der Waals surface area contributed by atoms with Gasteiger partial charge in [0.25, 0.3) is 5.56 Å². The van der Waals surface area contributed by atoms with Crippen LogP contribution in [0.5, 0.6) is 0 Å². The molecular weight excluding hydrogens is 350 g/mol. The number of fused-ring (bicyclic) bond motifs is 1. The van der Waals surface area contributed by atoms with Gasteiger partial charge in [-0.2, -0.15) is 0 Å². The fourth-order valence-electron chi connectivity index (χ4n) is 2.22. The van der Waals surface area contributed by atoms with Gasteiger partial charge in [-0.25, -0.2) is 4.98 Å². The first-order valence-corrected chi connectivity index (χ1v) is 8.13. The fourth-order valence-corrected chi connectivity index (χ4v) is 3.79. The summed E-state index contributed by atoms with van der Waals surface area (Å²) >= 11 is 5.18. The van der Waals surface area contributed by atoms with Crippen molar-refractivity contribution < 1.29 is 0 Å². The summed E-state index contributed by atoms with van der Waals surface area (Å²) in [6.07, 6.45) is 0. The van der Waals surface area contributed by atoms with Crippen molar-refractivity contribution in [2.45, 2.75) is 13.1 Å². The molecule has 0 aliphatic rings. The Labute approximate surface area is 134 Å². The van der Waals surface area contributed by atoms with E-state index in [0.29, 0.717) is 17.8 Å². The summed E-state index contributed by atoms with van der Waals surface area (Å²) in [7, 11) is 2.02. The number of H-pyrrole nitrogens is 1. The van der Waals surface area contributed by atoms with Crippen molar-refractivity contribution in [3.8, 4) is 0 Å². The summed E-state index contributed by atoms with van der Waals surface area (Å²) in [6.45, 7) is 1.43. The van der Waals surface area contributed by atoms with Gasteiger partial charge in [0, 0.05) is 11.4 Å². The molecular formula is C15H14BrN3OS. The maximum Gasteiger partial charge on any atom is 0.258 e. The third-order valence-electron chi connectivity index (χ3n) is 3.14. The van der Waals surface area contributed by atoms with Crippen LogP contribution in [0.25, 0.3) is 10.9 Å². The quantitative estimate of drug-likeness (QED) is 0.772. The van der Waals surface area contributed by atoms with Gasteiger partial charge in [-0.3, -0.25) is 9.69 Å². The second-order valence-electron chi connectivity index (χ2n) is 4.91. The Morgan fingerprint density at radius 2 is 2.05 bits per heavy atom. The third kappa shape index (κ3) is 3.40. The molecule has 0 saturated heterocycles. The van der Waals surface area contributed by atoms with E-state index in [9.17, 15) is 4.79 Å². The number of nitrogens with zero attached hydrogens (tertiary/aromatic N) is 2. The molecule has 0 saturated carbocycles. The lowest BCUT2D eigenvalue weighted by Gasteiger charge is -2.15. The molecule has 6 heteroatoms. The number of thiophene rings is 1. The highest BCUT2D eigenvalue weighted by Crippen LogP contribution is 2.23. The van der Waals surface area contributed by atoms with Crippen LogP contribution in [0.2, 0.25) is 0 Å². The normalized spacial score (nSPS) is 11.4. The average Bonchev–Trinajstić information content (AvgIpc) is 2.84. The molecule has 1 aromatic carbocycles. The SMILES string of the molecule is CN(Cc1nc2ccccc2c(=O)[nH]1)Cc1ccc(Br)s1. The number of rotatable bonds is 4. The molecule has 1 N–H and O–H groups in total. The molecule has 0 amide bonds. The summed E-state index contributed by atoms with van der Waals surface area (Å²) in [4.78, 5) is 22.8. The highest BCUT2D eigenvalue weighted by Gasteiger charge is 2.08. The molecule has 0 bridgehead atoms. The minimum atomic E-state index is -0.0807. The van der Waals surface area contributed by atoms with Gasteiger partial charge in [0.1, 0.15) is 5.82 Å². The summed E-state index contributed by atoms with van der Waals surface area (Å²) in [6, 6.07) is 11.5. The van der Waals surface area contributed by atoms with Gasteiger partial charge in [0.05, 0.1) is 21.2 Å². The first kappa shape index (κ1) is 14.4. The van der Waals surface area contributed by atoms with Gasteiger partial charge < -0.3 is 4.98 Å². The molecule has 3 rings (SSSR count). The van der Waals surface area contributed by atoms with E-state index in [-0.39, 0.29) is 5.56 Å². The van der Waals surface area contributed by atoms with Crippen molar-refractivity contribution in [2.24, 2.45) is 0 Å². The summed E-state index contributed by atoms with van der Waals surface area (Å²) < 4.78 is 1.13. The highest BCUT2D eigenvalue weighted by molar-refractivity contribution is 9.11. The standard InChI is InChI=1S/C15H14BrN3OS/c1-19(8-10-6-7-13(16)21-10)9-14-17-12-5-3-2-4-11(12)15(20)18-14/h2-7H,8-9H2,1H3,(H,17,18,20). The number of hydrogen-bond donors (Lipinski definition) is 1. The molecule has 108 valence electrons. The molecule has 21 heavy (non-hydrogen) atoms. The minimum Gasteiger partial charge on any atom is -0.309 e. The molecule has 0 unspecified atom stereocenters. The molecule has 2 aromatic heterocycles. The summed E-state index contributed by atoms with van der Waals surface area (Å²) in [5.41, 5.74) is 0.659. The first-order valence-electron chi connectivity index (χ1n) is 6.52. The maximum absolute atomic E-state index is 12.0. The van der Waals surface area contributed by atoms with Crippen LogP contribution in [-0.2, 0) is 13.1 Å². The molecule has 0 aliphatic carbocycles. The zero-order valence-corrected chi connectivity index (χ0v) is 13.9. The molecule has 0 atom stereocenters. The van der Waals surface area contributed by atoms with E-state index in [4.69, 9.17) is 0 Å². The van der Waals surface area contributed by atoms with Crippen LogP contribution in [0, 0.1) is 0 Å². The second-order valence-corrected chi connectivity index (χ2v) is 7.46. The van der Waals surface area contributed by atoms with E-state index in [1.165, 1.54) is 4.88 Å². The van der Waals surface area contributed by atoms with Crippen molar-refractivity contribution in [1.29, 1.82) is 0 Å². The van der Waals surface area contributed by atoms with Crippen LogP contribution >= 0.6 is 27.3 Å². The molecule has 4 nitrogen and oxygen atoms in total. The fraction of sp³-hybridized carbons (Fsp3) is 0.200. The second kappa shape index (κ2) is 6.09. The zero-order valence-electron chi connectivity index (χ0n) is 11.5. The van der Waals surface area contributed by atoms with Gasteiger partial charge in [0.2, 0.25) is 0 Å². The van der Waals surface area contributed by atoms with Crippen LogP contribution in [0.1, 0.15) is 10.7 Å². The van der Waals surface area contributed by atoms with E-state index in [1.54, 1.807) is 17.4 Å². The molecule has 0 fully saturated rings. The van der Waals surface area contributed by atoms with Gasteiger partial charge in [-0.1, -0.05) is 12.1 Å². The molecule has 3 aromatic rings. The maximum atomic E-state index is 12.0. The van der Waals surface area contributed by atoms with Crippen LogP contribution in [0.4, 0.5) is 0 Å². The summed E-state index contributed by atoms with van der Waals surface area (Å²) in [5, 5.41) is 0.631. The van der Waals surface area contributed by atoms with Crippen LogP contribution < -0.4 is 5.56 Å². The van der Waals surface area contributed by atoms with Crippen molar-refractivity contribution in [3.05, 3.63) is 61.2 Å². The van der Waals surface area contributed by atoms with Gasteiger partial charge in [0.15, 0.2) is 0 Å². The smallest absolute Gasteiger partial charge is 0.258 e. The predicted molar refractivity (Wildman–Crippen MR) is 89.6 cm³/mol. The van der Waals surface area contributed by atoms with Crippen molar-refractivity contribution in [2.75, 3.05) is 7.05 Å². The number of hydrogen-bond acceptors (Lipinski definition) is 4. The van der Waals surface area contributed by atoms with Crippen LogP contribution in [0.3, 0.4) is 0 Å². The number of para-hydroxylation sites is 1. The minimum absolute atomic E-state index is 0.0807. The van der Waals surface area contributed by atoms with Gasteiger partial charge in [-0.05, 0) is 47.2 Å². The number of aromatic nitrogens is 2. The Kier molecular flexibility index (Phi) is 4.19. The summed E-state index contributed by atoms with van der Waals surface area (Å²) in [5.74, 6) is 0.692. The van der Waals surface area contributed by atoms with E-state index in [0.717, 1.165) is 15.8 Å². The lowest BCUT2D eigenvalue weighted by Crippen LogP contribution is -2.21. The third-order valence-corrected chi connectivity index (χ3v) is 4.74. The molecule has 0 spiro atoms. The number of aromatic amines is 1. The van der Waals surface area contributed by atoms with Gasteiger partial charge >= 0.3 is 0 Å². The number of benzene rings is 1. The van der Waals surface area contributed by atoms with Crippen molar-refractivity contribution in [1.82, 2.24) is 14.9 Å². The molecule has 2 heterocycles. The Morgan fingerprint density at radius 3 is 2.81 bits per heavy atom. The van der Waals surface area contributed by atoms with Crippen LogP contribution in [-0.4, -0.2) is 21.9 Å². The Morgan fingerprint density at radius 1 is 1.24 bits per heavy atom. The Balaban J connectivity index is 1.79. The zero-order chi connectivity index (χ0) is 14.8. The molecule has 0 aliphatic heterocycles. The first-order chi connectivity index (χ1) is 10.1. The van der Waals surface area contributed by atoms with E-state index in [1.807, 2.05) is 31.3 Å². The Bertz CT molecular complexity index is 827. The monoisotopic (exact) mass is 363 g/mol. The lowest BCUT2D eigenvalue weighted by atomic mass is 10.2. The van der Waals surface area contributed by atoms with Crippen LogP contribution in [0.15, 0.2) is 45.0 Å².